The maximum Gasteiger partial charge on any atom is 0.232 e. The Kier molecular flexibility index (Phi) is 3.83. The predicted molar refractivity (Wildman–Crippen MR) is 59.7 cm³/mol. The number of anilines is 1. The van der Waals surface area contributed by atoms with Crippen molar-refractivity contribution in [2.45, 2.75) is 18.7 Å². The number of carbonyl (C=O) groups excluding carboxylic acids is 1. The van der Waals surface area contributed by atoms with Gasteiger partial charge in [-0.3, -0.25) is 9.52 Å². The van der Waals surface area contributed by atoms with Gasteiger partial charge in [-0.2, -0.15) is 0 Å². The van der Waals surface area contributed by atoms with Gasteiger partial charge in [0.1, 0.15) is 0 Å². The number of rotatable bonds is 3. The molecule has 0 radical (unpaired) electrons. The van der Waals surface area contributed by atoms with Gasteiger partial charge in [-0.05, 0) is 36.2 Å². The van der Waals surface area contributed by atoms with Crippen molar-refractivity contribution in [3.63, 3.8) is 0 Å². The van der Waals surface area contributed by atoms with Gasteiger partial charge in [0.05, 0.1) is 0 Å². The minimum absolute atomic E-state index is 0.0104. The average molecular weight is 210 g/mol. The fraction of sp³-hybridized carbons (Fsp3) is 0.300. The van der Waals surface area contributed by atoms with Gasteiger partial charge in [0.25, 0.3) is 0 Å². The van der Waals surface area contributed by atoms with Gasteiger partial charge in [-0.15, -0.1) is 0 Å². The molecule has 0 aliphatic heterocycles. The normalized spacial score (nSPS) is 10.2. The van der Waals surface area contributed by atoms with Crippen molar-refractivity contribution >= 4 is 23.5 Å². The highest BCUT2D eigenvalue weighted by Crippen LogP contribution is 2.16. The third kappa shape index (κ3) is 3.30. The van der Waals surface area contributed by atoms with E-state index in [-0.39, 0.29) is 11.8 Å². The summed E-state index contributed by atoms with van der Waals surface area (Å²) in [4.78, 5) is 12.2. The van der Waals surface area contributed by atoms with Crippen molar-refractivity contribution < 1.29 is 4.79 Å². The Bertz CT molecular complexity index is 308. The van der Waals surface area contributed by atoms with E-state index >= 15 is 0 Å². The first-order valence-corrected chi connectivity index (χ1v) is 5.23. The number of carbonyl (C=O) groups is 1. The number of hydrogen-bond acceptors (Lipinski definition) is 3. The van der Waals surface area contributed by atoms with Crippen LogP contribution in [0.15, 0.2) is 29.2 Å². The first kappa shape index (κ1) is 10.9. The van der Waals surface area contributed by atoms with Crippen LogP contribution in [0.3, 0.4) is 0 Å². The third-order valence-corrected chi connectivity index (χ3v) is 2.49. The molecule has 1 amide bonds. The quantitative estimate of drug-likeness (QED) is 0.593. The van der Waals surface area contributed by atoms with E-state index in [4.69, 9.17) is 5.73 Å². The summed E-state index contributed by atoms with van der Waals surface area (Å²) in [5.74, 6) is 0.0445. The Labute approximate surface area is 88.2 Å². The molecule has 1 rings (SSSR count). The number of nitrogens with one attached hydrogen (secondary N) is 1. The van der Waals surface area contributed by atoms with Gasteiger partial charge in [0, 0.05) is 16.5 Å². The second kappa shape index (κ2) is 4.91. The molecule has 1 aromatic carbocycles. The van der Waals surface area contributed by atoms with E-state index in [1.807, 2.05) is 38.1 Å². The highest BCUT2D eigenvalue weighted by molar-refractivity contribution is 7.98. The maximum atomic E-state index is 11.2. The van der Waals surface area contributed by atoms with Crippen molar-refractivity contribution in [1.82, 2.24) is 4.72 Å². The minimum atomic E-state index is 0.0104. The fourth-order valence-corrected chi connectivity index (χ4v) is 1.49. The second-order valence-electron chi connectivity index (χ2n) is 3.29. The van der Waals surface area contributed by atoms with Gasteiger partial charge >= 0.3 is 0 Å². The SMILES string of the molecule is CC(C)C(=O)NSc1ccc(N)cc1. The van der Waals surface area contributed by atoms with Crippen LogP contribution in [0.5, 0.6) is 0 Å². The van der Waals surface area contributed by atoms with E-state index in [2.05, 4.69) is 4.72 Å². The van der Waals surface area contributed by atoms with E-state index in [9.17, 15) is 4.79 Å². The van der Waals surface area contributed by atoms with Gasteiger partial charge in [0.2, 0.25) is 5.91 Å². The minimum Gasteiger partial charge on any atom is -0.399 e. The summed E-state index contributed by atoms with van der Waals surface area (Å²) < 4.78 is 2.75. The molecule has 0 aliphatic rings. The Morgan fingerprint density at radius 1 is 1.36 bits per heavy atom. The zero-order valence-corrected chi connectivity index (χ0v) is 9.10. The monoisotopic (exact) mass is 210 g/mol. The first-order valence-electron chi connectivity index (χ1n) is 4.42. The molecule has 76 valence electrons. The molecule has 3 nitrogen and oxygen atoms in total. The number of amides is 1. The molecule has 1 aromatic rings. The molecule has 0 unspecified atom stereocenters. The molecule has 0 atom stereocenters. The zero-order chi connectivity index (χ0) is 10.6. The lowest BCUT2D eigenvalue weighted by atomic mass is 10.2. The highest BCUT2D eigenvalue weighted by Gasteiger charge is 2.05. The third-order valence-electron chi connectivity index (χ3n) is 1.67. The van der Waals surface area contributed by atoms with Crippen molar-refractivity contribution in [1.29, 1.82) is 0 Å². The Balaban J connectivity index is 2.46. The Hall–Kier alpha value is -1.16. The number of benzene rings is 1. The van der Waals surface area contributed by atoms with Crippen LogP contribution in [0.25, 0.3) is 0 Å². The highest BCUT2D eigenvalue weighted by atomic mass is 32.2. The van der Waals surface area contributed by atoms with E-state index in [0.29, 0.717) is 0 Å². The molecule has 14 heavy (non-hydrogen) atoms. The van der Waals surface area contributed by atoms with Crippen LogP contribution < -0.4 is 10.5 Å². The molecule has 0 saturated heterocycles. The van der Waals surface area contributed by atoms with Gasteiger partial charge in [-0.1, -0.05) is 13.8 Å². The smallest absolute Gasteiger partial charge is 0.232 e. The summed E-state index contributed by atoms with van der Waals surface area (Å²) in [7, 11) is 0. The summed E-state index contributed by atoms with van der Waals surface area (Å²) in [5, 5.41) is 0. The lowest BCUT2D eigenvalue weighted by Gasteiger charge is -2.06. The van der Waals surface area contributed by atoms with Crippen LogP contribution in [0, 0.1) is 5.92 Å². The fourth-order valence-electron chi connectivity index (χ4n) is 0.763. The molecule has 0 aromatic heterocycles. The van der Waals surface area contributed by atoms with E-state index in [0.717, 1.165) is 10.6 Å². The van der Waals surface area contributed by atoms with Crippen LogP contribution in [0.4, 0.5) is 5.69 Å². The Morgan fingerprint density at radius 3 is 2.43 bits per heavy atom. The van der Waals surface area contributed by atoms with Crippen molar-refractivity contribution in [3.05, 3.63) is 24.3 Å². The molecule has 0 heterocycles. The predicted octanol–water partition coefficient (Wildman–Crippen LogP) is 2.05. The average Bonchev–Trinajstić information content (AvgIpc) is 2.16. The molecular formula is C10H14N2OS. The molecule has 0 aliphatic carbocycles. The molecular weight excluding hydrogens is 196 g/mol. The van der Waals surface area contributed by atoms with Crippen molar-refractivity contribution in [3.8, 4) is 0 Å². The largest absolute Gasteiger partial charge is 0.399 e. The summed E-state index contributed by atoms with van der Waals surface area (Å²) in [6, 6.07) is 7.37. The maximum absolute atomic E-state index is 11.2. The van der Waals surface area contributed by atoms with E-state index in [1.165, 1.54) is 11.9 Å². The van der Waals surface area contributed by atoms with Crippen LogP contribution in [-0.4, -0.2) is 5.91 Å². The van der Waals surface area contributed by atoms with Gasteiger partial charge < -0.3 is 5.73 Å². The van der Waals surface area contributed by atoms with E-state index < -0.39 is 0 Å². The lowest BCUT2D eigenvalue weighted by Crippen LogP contribution is -2.21. The summed E-state index contributed by atoms with van der Waals surface area (Å²) in [5.41, 5.74) is 6.26. The Morgan fingerprint density at radius 2 is 1.93 bits per heavy atom. The molecule has 0 bridgehead atoms. The number of nitrogens with two attached hydrogens (primary N) is 1. The standard InChI is InChI=1S/C10H14N2OS/c1-7(2)10(13)12-14-9-5-3-8(11)4-6-9/h3-7H,11H2,1-2H3,(H,12,13). The summed E-state index contributed by atoms with van der Waals surface area (Å²) >= 11 is 1.31. The van der Waals surface area contributed by atoms with Gasteiger partial charge in [0.15, 0.2) is 0 Å². The zero-order valence-electron chi connectivity index (χ0n) is 8.28. The number of nitrogen functional groups attached to an aromatic ring is 1. The van der Waals surface area contributed by atoms with E-state index in [1.54, 1.807) is 0 Å². The number of hydrogen-bond donors (Lipinski definition) is 2. The lowest BCUT2D eigenvalue weighted by molar-refractivity contribution is -0.122. The van der Waals surface area contributed by atoms with Crippen molar-refractivity contribution in [2.75, 3.05) is 5.73 Å². The topological polar surface area (TPSA) is 55.1 Å². The van der Waals surface area contributed by atoms with Crippen LogP contribution in [0.1, 0.15) is 13.8 Å². The second-order valence-corrected chi connectivity index (χ2v) is 4.17. The van der Waals surface area contributed by atoms with Crippen LogP contribution in [0.2, 0.25) is 0 Å². The molecule has 0 fully saturated rings. The molecule has 4 heteroatoms. The van der Waals surface area contributed by atoms with Crippen molar-refractivity contribution in [2.24, 2.45) is 5.92 Å². The van der Waals surface area contributed by atoms with Crippen LogP contribution >= 0.6 is 11.9 Å². The molecule has 0 spiro atoms. The molecule has 0 saturated carbocycles. The van der Waals surface area contributed by atoms with Gasteiger partial charge in [-0.25, -0.2) is 0 Å². The van der Waals surface area contributed by atoms with Crippen LogP contribution in [-0.2, 0) is 4.79 Å². The summed E-state index contributed by atoms with van der Waals surface area (Å²) in [6.45, 7) is 3.72. The molecule has 3 N–H and O–H groups in total. The first-order chi connectivity index (χ1) is 6.59. The summed E-state index contributed by atoms with van der Waals surface area (Å²) in [6.07, 6.45) is 0.